The van der Waals surface area contributed by atoms with Crippen molar-refractivity contribution in [3.8, 4) is 17.6 Å². The Bertz CT molecular complexity index is 577. The first-order valence-corrected chi connectivity index (χ1v) is 7.03. The zero-order valence-electron chi connectivity index (χ0n) is 11.3. The summed E-state index contributed by atoms with van der Waals surface area (Å²) in [4.78, 5) is 11.1. The van der Waals surface area contributed by atoms with Gasteiger partial charge in [-0.15, -0.1) is 0 Å². The monoisotopic (exact) mass is 386 g/mol. The zero-order valence-corrected chi connectivity index (χ0v) is 13.4. The predicted octanol–water partition coefficient (Wildman–Crippen LogP) is 2.48. The van der Waals surface area contributed by atoms with Crippen LogP contribution in [-0.2, 0) is 4.79 Å². The molecule has 0 fully saturated rings. The van der Waals surface area contributed by atoms with Gasteiger partial charge < -0.3 is 15.2 Å². The summed E-state index contributed by atoms with van der Waals surface area (Å²) >= 11 is 2.12. The normalized spacial score (nSPS) is 10.8. The van der Waals surface area contributed by atoms with Crippen molar-refractivity contribution in [2.45, 2.75) is 13.3 Å². The van der Waals surface area contributed by atoms with Gasteiger partial charge in [0, 0.05) is 0 Å². The molecule has 0 bridgehead atoms. The summed E-state index contributed by atoms with van der Waals surface area (Å²) in [5, 5.41) is 8.85. The van der Waals surface area contributed by atoms with E-state index in [0.717, 1.165) is 9.99 Å². The van der Waals surface area contributed by atoms with Crippen LogP contribution in [0.5, 0.6) is 11.5 Å². The van der Waals surface area contributed by atoms with Gasteiger partial charge in [0.15, 0.2) is 11.5 Å². The number of primary amides is 1. The van der Waals surface area contributed by atoms with Gasteiger partial charge in [0.25, 0.3) is 5.91 Å². The highest BCUT2D eigenvalue weighted by Crippen LogP contribution is 2.34. The number of rotatable bonds is 6. The van der Waals surface area contributed by atoms with Crippen molar-refractivity contribution in [3.63, 3.8) is 0 Å². The number of halogens is 1. The van der Waals surface area contributed by atoms with Crippen LogP contribution < -0.4 is 15.2 Å². The average Bonchev–Trinajstić information content (AvgIpc) is 2.42. The van der Waals surface area contributed by atoms with E-state index in [9.17, 15) is 4.79 Å². The summed E-state index contributed by atoms with van der Waals surface area (Å²) in [5.41, 5.74) is 5.66. The van der Waals surface area contributed by atoms with Crippen molar-refractivity contribution in [3.05, 3.63) is 26.8 Å². The van der Waals surface area contributed by atoms with Crippen molar-refractivity contribution in [1.29, 1.82) is 5.26 Å². The van der Waals surface area contributed by atoms with Crippen molar-refractivity contribution >= 4 is 34.6 Å². The fourth-order valence-electron chi connectivity index (χ4n) is 1.49. The molecule has 0 atom stereocenters. The Morgan fingerprint density at radius 2 is 2.25 bits per heavy atom. The number of benzene rings is 1. The standard InChI is InChI=1S/C14H15IN2O3/c1-3-4-20-13-11(15)6-9(7-12(13)19-2)5-10(8-16)14(17)18/h5-7H,3-4H2,1-2H3,(H2,17,18)/b10-5-. The van der Waals surface area contributed by atoms with E-state index in [4.69, 9.17) is 20.5 Å². The second-order valence-corrected chi connectivity index (χ2v) is 5.08. The Balaban J connectivity index is 3.23. The average molecular weight is 386 g/mol. The predicted molar refractivity (Wildman–Crippen MR) is 84.3 cm³/mol. The summed E-state index contributed by atoms with van der Waals surface area (Å²) in [6, 6.07) is 5.27. The summed E-state index contributed by atoms with van der Waals surface area (Å²) < 4.78 is 11.7. The molecule has 0 saturated heterocycles. The second kappa shape index (κ2) is 7.75. The Morgan fingerprint density at radius 1 is 1.55 bits per heavy atom. The van der Waals surface area contributed by atoms with Crippen molar-refractivity contribution < 1.29 is 14.3 Å². The van der Waals surface area contributed by atoms with Gasteiger partial charge >= 0.3 is 0 Å². The van der Waals surface area contributed by atoms with Crippen LogP contribution in [0.25, 0.3) is 6.08 Å². The van der Waals surface area contributed by atoms with E-state index in [1.807, 2.05) is 6.92 Å². The largest absolute Gasteiger partial charge is 0.493 e. The van der Waals surface area contributed by atoms with Gasteiger partial charge in [0.1, 0.15) is 11.6 Å². The van der Waals surface area contributed by atoms with Gasteiger partial charge in [-0.1, -0.05) is 6.92 Å². The van der Waals surface area contributed by atoms with E-state index in [0.29, 0.717) is 23.7 Å². The van der Waals surface area contributed by atoms with Crippen molar-refractivity contribution in [2.24, 2.45) is 5.73 Å². The maximum atomic E-state index is 11.1. The lowest BCUT2D eigenvalue weighted by atomic mass is 10.1. The van der Waals surface area contributed by atoms with Crippen LogP contribution in [0.2, 0.25) is 0 Å². The highest BCUT2D eigenvalue weighted by atomic mass is 127. The number of carbonyl (C=O) groups excluding carboxylic acids is 1. The third-order valence-corrected chi connectivity index (χ3v) is 3.20. The molecule has 0 aliphatic rings. The van der Waals surface area contributed by atoms with Crippen LogP contribution in [0.4, 0.5) is 0 Å². The number of methoxy groups -OCH3 is 1. The van der Waals surface area contributed by atoms with Gasteiger partial charge in [0.05, 0.1) is 17.3 Å². The molecule has 1 aromatic rings. The Kier molecular flexibility index (Phi) is 6.31. The quantitative estimate of drug-likeness (QED) is 0.463. The maximum absolute atomic E-state index is 11.1. The molecule has 0 aromatic heterocycles. The summed E-state index contributed by atoms with van der Waals surface area (Å²) in [6.07, 6.45) is 2.32. The highest BCUT2D eigenvalue weighted by Gasteiger charge is 2.12. The summed E-state index contributed by atoms with van der Waals surface area (Å²) in [5.74, 6) is 0.454. The molecule has 0 saturated carbocycles. The first-order valence-electron chi connectivity index (χ1n) is 5.95. The maximum Gasteiger partial charge on any atom is 0.259 e. The number of amides is 1. The Labute approximate surface area is 131 Å². The fraction of sp³-hybridized carbons (Fsp3) is 0.286. The van der Waals surface area contributed by atoms with Gasteiger partial charge in [-0.3, -0.25) is 4.79 Å². The minimum Gasteiger partial charge on any atom is -0.493 e. The van der Waals surface area contributed by atoms with Crippen molar-refractivity contribution in [1.82, 2.24) is 0 Å². The van der Waals surface area contributed by atoms with Crippen LogP contribution in [0.15, 0.2) is 17.7 Å². The van der Waals surface area contributed by atoms with E-state index in [1.54, 1.807) is 18.2 Å². The van der Waals surface area contributed by atoms with Gasteiger partial charge in [-0.25, -0.2) is 0 Å². The lowest BCUT2D eigenvalue weighted by Crippen LogP contribution is -2.12. The molecule has 0 aliphatic heterocycles. The molecule has 106 valence electrons. The molecule has 0 heterocycles. The molecule has 1 aromatic carbocycles. The molecule has 2 N–H and O–H groups in total. The van der Waals surface area contributed by atoms with E-state index in [-0.39, 0.29) is 5.57 Å². The second-order valence-electron chi connectivity index (χ2n) is 3.92. The van der Waals surface area contributed by atoms with Crippen LogP contribution in [0, 0.1) is 14.9 Å². The SMILES string of the molecule is CCCOc1c(I)cc(/C=C(/C#N)C(N)=O)cc1OC. The molecule has 1 rings (SSSR count). The molecule has 1 amide bonds. The molecule has 0 aliphatic carbocycles. The van der Waals surface area contributed by atoms with E-state index >= 15 is 0 Å². The summed E-state index contributed by atoms with van der Waals surface area (Å²) in [7, 11) is 1.54. The molecule has 0 unspecified atom stereocenters. The van der Waals surface area contributed by atoms with Crippen LogP contribution in [0.3, 0.4) is 0 Å². The third kappa shape index (κ3) is 4.13. The number of nitriles is 1. The number of ether oxygens (including phenoxy) is 2. The fourth-order valence-corrected chi connectivity index (χ4v) is 2.27. The summed E-state index contributed by atoms with van der Waals surface area (Å²) in [6.45, 7) is 2.61. The van der Waals surface area contributed by atoms with Gasteiger partial charge in [-0.2, -0.15) is 5.26 Å². The van der Waals surface area contributed by atoms with Gasteiger partial charge in [0.2, 0.25) is 0 Å². The molecule has 6 heteroatoms. The highest BCUT2D eigenvalue weighted by molar-refractivity contribution is 14.1. The van der Waals surface area contributed by atoms with E-state index < -0.39 is 5.91 Å². The molecule has 5 nitrogen and oxygen atoms in total. The minimum absolute atomic E-state index is 0.106. The number of nitrogens with two attached hydrogens (primary N) is 1. The van der Waals surface area contributed by atoms with E-state index in [1.165, 1.54) is 13.2 Å². The lowest BCUT2D eigenvalue weighted by Gasteiger charge is -2.13. The first-order chi connectivity index (χ1) is 9.53. The number of hydrogen-bond donors (Lipinski definition) is 1. The van der Waals surface area contributed by atoms with Crippen LogP contribution in [0.1, 0.15) is 18.9 Å². The molecule has 20 heavy (non-hydrogen) atoms. The Morgan fingerprint density at radius 3 is 2.75 bits per heavy atom. The van der Waals surface area contributed by atoms with Gasteiger partial charge in [-0.05, 0) is 52.8 Å². The number of hydrogen-bond acceptors (Lipinski definition) is 4. The first kappa shape index (κ1) is 16.3. The zero-order chi connectivity index (χ0) is 15.1. The number of carbonyl (C=O) groups is 1. The van der Waals surface area contributed by atoms with E-state index in [2.05, 4.69) is 22.6 Å². The number of nitrogens with zero attached hydrogens (tertiary/aromatic N) is 1. The molecular formula is C14H15IN2O3. The van der Waals surface area contributed by atoms with Crippen LogP contribution in [-0.4, -0.2) is 19.6 Å². The van der Waals surface area contributed by atoms with Crippen LogP contribution >= 0.6 is 22.6 Å². The molecule has 0 radical (unpaired) electrons. The smallest absolute Gasteiger partial charge is 0.259 e. The Hall–Kier alpha value is -1.75. The minimum atomic E-state index is -0.757. The lowest BCUT2D eigenvalue weighted by molar-refractivity contribution is -0.114. The molecule has 0 spiro atoms. The van der Waals surface area contributed by atoms with Crippen molar-refractivity contribution in [2.75, 3.05) is 13.7 Å². The molecular weight excluding hydrogens is 371 g/mol. The third-order valence-electron chi connectivity index (χ3n) is 2.40. The topological polar surface area (TPSA) is 85.3 Å².